The number of hydrogen-bond donors (Lipinski definition) is 2. The second-order valence-electron chi connectivity index (χ2n) is 5.62. The predicted octanol–water partition coefficient (Wildman–Crippen LogP) is 0.740. The highest BCUT2D eigenvalue weighted by Gasteiger charge is 2.37. The molecule has 2 amide bonds. The van der Waals surface area contributed by atoms with E-state index in [0.717, 1.165) is 0 Å². The fourth-order valence-electron chi connectivity index (χ4n) is 2.33. The lowest BCUT2D eigenvalue weighted by Gasteiger charge is -2.19. The van der Waals surface area contributed by atoms with Gasteiger partial charge in [-0.15, -0.1) is 11.3 Å². The highest BCUT2D eigenvalue weighted by Crippen LogP contribution is 2.31. The third kappa shape index (κ3) is 3.53. The van der Waals surface area contributed by atoms with Crippen LogP contribution in [0.25, 0.3) is 0 Å². The van der Waals surface area contributed by atoms with Gasteiger partial charge in [-0.05, 0) is 24.8 Å². The molecule has 1 fully saturated rings. The number of carbonyl (C=O) groups excluding carboxylic acids is 3. The summed E-state index contributed by atoms with van der Waals surface area (Å²) >= 11 is 1.30. The predicted molar refractivity (Wildman–Crippen MR) is 87.4 cm³/mol. The molecule has 0 aliphatic carbocycles. The van der Waals surface area contributed by atoms with Crippen LogP contribution in [-0.4, -0.2) is 43.5 Å². The number of amides is 2. The first-order valence-corrected chi connectivity index (χ1v) is 8.28. The van der Waals surface area contributed by atoms with Gasteiger partial charge in [0.15, 0.2) is 0 Å². The fraction of sp³-hybridized carbons (Fsp3) is 0.533. The summed E-state index contributed by atoms with van der Waals surface area (Å²) in [4.78, 5) is 37.9. The van der Waals surface area contributed by atoms with Crippen LogP contribution in [0, 0.1) is 5.92 Å². The van der Waals surface area contributed by atoms with Crippen LogP contribution in [0.2, 0.25) is 0 Å². The van der Waals surface area contributed by atoms with E-state index in [4.69, 9.17) is 10.5 Å². The van der Waals surface area contributed by atoms with Crippen LogP contribution < -0.4 is 16.0 Å². The molecule has 23 heavy (non-hydrogen) atoms. The van der Waals surface area contributed by atoms with Crippen molar-refractivity contribution in [3.05, 3.63) is 17.0 Å². The molecule has 2 rings (SSSR count). The number of thiophene rings is 1. The largest absolute Gasteiger partial charge is 0.465 e. The molecule has 1 aliphatic rings. The molecule has 1 aromatic heterocycles. The number of rotatable bonds is 5. The van der Waals surface area contributed by atoms with Crippen molar-refractivity contribution in [2.45, 2.75) is 32.4 Å². The SMILES string of the molecule is COC(=O)c1ccsc1N1CCC(NC(=O)C(C)C(C)N)C1=O. The summed E-state index contributed by atoms with van der Waals surface area (Å²) in [5.41, 5.74) is 6.08. The number of nitrogens with one attached hydrogen (secondary N) is 1. The zero-order valence-corrected chi connectivity index (χ0v) is 14.2. The molecule has 8 heteroatoms. The van der Waals surface area contributed by atoms with Gasteiger partial charge in [0.1, 0.15) is 11.0 Å². The quantitative estimate of drug-likeness (QED) is 0.771. The lowest BCUT2D eigenvalue weighted by Crippen LogP contribution is -2.46. The van der Waals surface area contributed by atoms with E-state index in [9.17, 15) is 14.4 Å². The topological polar surface area (TPSA) is 102 Å². The molecule has 0 aromatic carbocycles. The van der Waals surface area contributed by atoms with E-state index < -0.39 is 12.0 Å². The summed E-state index contributed by atoms with van der Waals surface area (Å²) in [6.45, 7) is 3.92. The minimum absolute atomic E-state index is 0.220. The average Bonchev–Trinajstić information content (AvgIpc) is 3.13. The first kappa shape index (κ1) is 17.4. The molecule has 3 N–H and O–H groups in total. The molecule has 1 aromatic rings. The number of anilines is 1. The third-order valence-corrected chi connectivity index (χ3v) is 4.96. The molecule has 1 aliphatic heterocycles. The molecule has 0 radical (unpaired) electrons. The second-order valence-corrected chi connectivity index (χ2v) is 6.51. The third-order valence-electron chi connectivity index (χ3n) is 4.02. The fourth-order valence-corrected chi connectivity index (χ4v) is 3.25. The Kier molecular flexibility index (Phi) is 5.38. The molecule has 3 unspecified atom stereocenters. The van der Waals surface area contributed by atoms with Crippen molar-refractivity contribution in [2.24, 2.45) is 11.7 Å². The van der Waals surface area contributed by atoms with Crippen molar-refractivity contribution in [2.75, 3.05) is 18.6 Å². The Morgan fingerprint density at radius 1 is 1.48 bits per heavy atom. The van der Waals surface area contributed by atoms with Crippen LogP contribution in [0.3, 0.4) is 0 Å². The van der Waals surface area contributed by atoms with E-state index in [0.29, 0.717) is 23.5 Å². The van der Waals surface area contributed by atoms with Crippen molar-refractivity contribution in [1.29, 1.82) is 0 Å². The molecule has 3 atom stereocenters. The number of esters is 1. The number of methoxy groups -OCH3 is 1. The number of hydrogen-bond acceptors (Lipinski definition) is 6. The van der Waals surface area contributed by atoms with Crippen molar-refractivity contribution in [3.63, 3.8) is 0 Å². The zero-order chi connectivity index (χ0) is 17.1. The highest BCUT2D eigenvalue weighted by molar-refractivity contribution is 7.14. The van der Waals surface area contributed by atoms with Gasteiger partial charge in [-0.2, -0.15) is 0 Å². The van der Waals surface area contributed by atoms with E-state index in [1.165, 1.54) is 23.3 Å². The summed E-state index contributed by atoms with van der Waals surface area (Å²) < 4.78 is 4.73. The van der Waals surface area contributed by atoms with Crippen molar-refractivity contribution in [3.8, 4) is 0 Å². The maximum absolute atomic E-state index is 12.5. The maximum atomic E-state index is 12.5. The van der Waals surface area contributed by atoms with Gasteiger partial charge in [0.25, 0.3) is 0 Å². The van der Waals surface area contributed by atoms with Gasteiger partial charge < -0.3 is 20.7 Å². The summed E-state index contributed by atoms with van der Waals surface area (Å²) in [6.07, 6.45) is 0.495. The first-order valence-electron chi connectivity index (χ1n) is 7.40. The molecule has 2 heterocycles. The Bertz CT molecular complexity index is 614. The maximum Gasteiger partial charge on any atom is 0.340 e. The Morgan fingerprint density at radius 3 is 2.78 bits per heavy atom. The number of carbonyl (C=O) groups is 3. The number of nitrogens with zero attached hydrogens (tertiary/aromatic N) is 1. The van der Waals surface area contributed by atoms with Gasteiger partial charge in [-0.1, -0.05) is 6.92 Å². The van der Waals surface area contributed by atoms with E-state index in [2.05, 4.69) is 5.32 Å². The highest BCUT2D eigenvalue weighted by atomic mass is 32.1. The second kappa shape index (κ2) is 7.10. The van der Waals surface area contributed by atoms with Crippen molar-refractivity contribution in [1.82, 2.24) is 5.32 Å². The van der Waals surface area contributed by atoms with Crippen LogP contribution in [0.1, 0.15) is 30.6 Å². The van der Waals surface area contributed by atoms with Crippen LogP contribution in [0.15, 0.2) is 11.4 Å². The van der Waals surface area contributed by atoms with Crippen molar-refractivity contribution >= 4 is 34.1 Å². The summed E-state index contributed by atoms with van der Waals surface area (Å²) in [7, 11) is 1.30. The van der Waals surface area contributed by atoms with Gasteiger partial charge in [-0.25, -0.2) is 4.79 Å². The minimum Gasteiger partial charge on any atom is -0.465 e. The van der Waals surface area contributed by atoms with Gasteiger partial charge in [0.2, 0.25) is 11.8 Å². The summed E-state index contributed by atoms with van der Waals surface area (Å²) in [6, 6.07) is 0.755. The van der Waals surface area contributed by atoms with Crippen LogP contribution in [-0.2, 0) is 14.3 Å². The number of ether oxygens (including phenoxy) is 1. The first-order chi connectivity index (χ1) is 10.9. The standard InChI is InChI=1S/C15H21N3O4S/c1-8(9(2)16)12(19)17-11-4-6-18(13(11)20)14-10(5-7-23-14)15(21)22-3/h5,7-9,11H,4,6,16H2,1-3H3,(H,17,19). The minimum atomic E-state index is -0.587. The Balaban J connectivity index is 2.09. The zero-order valence-electron chi connectivity index (χ0n) is 13.4. The Labute approximate surface area is 138 Å². The van der Waals surface area contributed by atoms with Gasteiger partial charge in [-0.3, -0.25) is 9.59 Å². The average molecular weight is 339 g/mol. The van der Waals surface area contributed by atoms with Crippen LogP contribution in [0.4, 0.5) is 5.00 Å². The molecule has 126 valence electrons. The normalized spacial score (nSPS) is 20.3. The monoisotopic (exact) mass is 339 g/mol. The summed E-state index contributed by atoms with van der Waals surface area (Å²) in [5, 5.41) is 5.03. The molecule has 0 spiro atoms. The summed E-state index contributed by atoms with van der Waals surface area (Å²) in [5.74, 6) is -1.31. The van der Waals surface area contributed by atoms with Gasteiger partial charge in [0.05, 0.1) is 12.7 Å². The van der Waals surface area contributed by atoms with Crippen LogP contribution >= 0.6 is 11.3 Å². The molecule has 7 nitrogen and oxygen atoms in total. The Morgan fingerprint density at radius 2 is 2.17 bits per heavy atom. The smallest absolute Gasteiger partial charge is 0.340 e. The molecule has 0 bridgehead atoms. The molecular weight excluding hydrogens is 318 g/mol. The lowest BCUT2D eigenvalue weighted by atomic mass is 10.0. The van der Waals surface area contributed by atoms with E-state index >= 15 is 0 Å². The van der Waals surface area contributed by atoms with Gasteiger partial charge >= 0.3 is 5.97 Å². The van der Waals surface area contributed by atoms with E-state index in [-0.39, 0.29) is 23.8 Å². The molecule has 0 saturated carbocycles. The molecular formula is C15H21N3O4S. The lowest BCUT2D eigenvalue weighted by molar-refractivity contribution is -0.129. The van der Waals surface area contributed by atoms with E-state index in [1.807, 2.05) is 0 Å². The molecule has 1 saturated heterocycles. The Hall–Kier alpha value is -1.93. The van der Waals surface area contributed by atoms with Crippen LogP contribution in [0.5, 0.6) is 0 Å². The van der Waals surface area contributed by atoms with E-state index in [1.54, 1.807) is 25.3 Å². The van der Waals surface area contributed by atoms with Crippen molar-refractivity contribution < 1.29 is 19.1 Å². The number of nitrogens with two attached hydrogens (primary N) is 1. The van der Waals surface area contributed by atoms with Gasteiger partial charge in [0, 0.05) is 18.5 Å².